The molecule has 3 aliphatic rings. The van der Waals surface area contributed by atoms with Gasteiger partial charge in [-0.15, -0.1) is 0 Å². The Labute approximate surface area is 162 Å². The van der Waals surface area contributed by atoms with Gasteiger partial charge in [-0.05, 0) is 51.5 Å². The highest BCUT2D eigenvalue weighted by Crippen LogP contribution is 2.62. The molecule has 0 aromatic carbocycles. The predicted octanol–water partition coefficient (Wildman–Crippen LogP) is 4.00. The number of ether oxygens (including phenoxy) is 1. The molecule has 1 saturated carbocycles. The Morgan fingerprint density at radius 2 is 2.07 bits per heavy atom. The highest BCUT2D eigenvalue weighted by Gasteiger charge is 2.64. The van der Waals surface area contributed by atoms with E-state index in [1.165, 1.54) is 12.5 Å². The second-order valence-corrected chi connectivity index (χ2v) is 9.12. The van der Waals surface area contributed by atoms with Gasteiger partial charge in [0, 0.05) is 29.7 Å². The summed E-state index contributed by atoms with van der Waals surface area (Å²) in [5.74, 6) is -0.0607. The van der Waals surface area contributed by atoms with Crippen LogP contribution in [-0.4, -0.2) is 29.1 Å². The van der Waals surface area contributed by atoms with Gasteiger partial charge in [-0.1, -0.05) is 37.1 Å². The smallest absolute Gasteiger partial charge is 0.302 e. The van der Waals surface area contributed by atoms with E-state index in [0.717, 1.165) is 12.0 Å². The van der Waals surface area contributed by atoms with E-state index in [2.05, 4.69) is 32.9 Å². The summed E-state index contributed by atoms with van der Waals surface area (Å²) in [7, 11) is 0. The zero-order valence-electron chi connectivity index (χ0n) is 17.3. The van der Waals surface area contributed by atoms with Crippen molar-refractivity contribution in [2.45, 2.75) is 60.0 Å². The van der Waals surface area contributed by atoms with Gasteiger partial charge in [-0.2, -0.15) is 0 Å². The molecular weight excluding hydrogens is 340 g/mol. The van der Waals surface area contributed by atoms with E-state index in [0.29, 0.717) is 17.9 Å². The number of carbonyl (C=O) groups excluding carboxylic acids is 2. The van der Waals surface area contributed by atoms with Crippen LogP contribution < -0.4 is 0 Å². The highest BCUT2D eigenvalue weighted by atomic mass is 16.5. The number of allylic oxidation sites excluding steroid dienone is 4. The first-order valence-corrected chi connectivity index (χ1v) is 9.98. The van der Waals surface area contributed by atoms with Crippen molar-refractivity contribution in [3.8, 4) is 0 Å². The molecule has 0 bridgehead atoms. The molecule has 0 amide bonds. The van der Waals surface area contributed by atoms with Crippen LogP contribution in [0.2, 0.25) is 0 Å². The summed E-state index contributed by atoms with van der Waals surface area (Å²) < 4.78 is 5.17. The molecule has 0 radical (unpaired) electrons. The molecule has 0 heterocycles. The van der Waals surface area contributed by atoms with E-state index >= 15 is 0 Å². The van der Waals surface area contributed by atoms with Gasteiger partial charge in [0.1, 0.15) is 6.61 Å². The van der Waals surface area contributed by atoms with E-state index in [4.69, 9.17) is 4.74 Å². The third kappa shape index (κ3) is 3.02. The van der Waals surface area contributed by atoms with Crippen molar-refractivity contribution in [2.24, 2.45) is 29.1 Å². The summed E-state index contributed by atoms with van der Waals surface area (Å²) in [5, 5.41) is 11.7. The van der Waals surface area contributed by atoms with Gasteiger partial charge >= 0.3 is 5.97 Å². The van der Waals surface area contributed by atoms with Gasteiger partial charge in [-0.25, -0.2) is 0 Å². The Kier molecular flexibility index (Phi) is 5.00. The maximum Gasteiger partial charge on any atom is 0.302 e. The molecule has 1 N–H and O–H groups in total. The van der Waals surface area contributed by atoms with Crippen molar-refractivity contribution in [1.82, 2.24) is 0 Å². The second kappa shape index (κ2) is 6.73. The van der Waals surface area contributed by atoms with Crippen LogP contribution in [0.5, 0.6) is 0 Å². The van der Waals surface area contributed by atoms with Crippen LogP contribution in [-0.2, 0) is 14.3 Å². The van der Waals surface area contributed by atoms with Crippen LogP contribution >= 0.6 is 0 Å². The van der Waals surface area contributed by atoms with Gasteiger partial charge in [0.2, 0.25) is 0 Å². The monoisotopic (exact) mass is 372 g/mol. The van der Waals surface area contributed by atoms with Crippen molar-refractivity contribution < 1.29 is 19.4 Å². The Morgan fingerprint density at radius 3 is 2.67 bits per heavy atom. The molecule has 0 aliphatic heterocycles. The molecule has 0 spiro atoms. The lowest BCUT2D eigenvalue weighted by Gasteiger charge is -2.60. The fourth-order valence-electron chi connectivity index (χ4n) is 6.37. The minimum Gasteiger partial charge on any atom is -0.461 e. The Hall–Kier alpha value is -1.68. The standard InChI is InChI=1S/C23H32O4/c1-7-14(3)19-15(4)9-17-8-13(2)10-23(26)11-18(12-27-16(5)24)21(25)22(19,6)20(17)23/h7,9,11,13,17,19-20,26H,8,10,12H2,1-6H3. The predicted molar refractivity (Wildman–Crippen MR) is 105 cm³/mol. The fraction of sp³-hybridized carbons (Fsp3) is 0.652. The third-order valence-corrected chi connectivity index (χ3v) is 7.04. The number of hydrogen-bond acceptors (Lipinski definition) is 4. The summed E-state index contributed by atoms with van der Waals surface area (Å²) in [6.07, 6.45) is 7.69. The van der Waals surface area contributed by atoms with Crippen molar-refractivity contribution in [3.05, 3.63) is 34.9 Å². The van der Waals surface area contributed by atoms with Gasteiger partial charge in [0.25, 0.3) is 0 Å². The molecule has 0 aromatic heterocycles. The van der Waals surface area contributed by atoms with Crippen LogP contribution in [0.4, 0.5) is 0 Å². The molecule has 3 rings (SSSR count). The lowest BCUT2D eigenvalue weighted by atomic mass is 9.44. The minimum absolute atomic E-state index is 0.0108. The molecular formula is C23H32O4. The number of carbonyl (C=O) groups is 2. The zero-order valence-corrected chi connectivity index (χ0v) is 17.3. The van der Waals surface area contributed by atoms with Crippen LogP contribution in [0.25, 0.3) is 0 Å². The number of aliphatic hydroxyl groups is 1. The highest BCUT2D eigenvalue weighted by molar-refractivity contribution is 6.02. The lowest BCUT2D eigenvalue weighted by molar-refractivity contribution is -0.156. The van der Waals surface area contributed by atoms with Crippen molar-refractivity contribution in [3.63, 3.8) is 0 Å². The Morgan fingerprint density at radius 1 is 1.41 bits per heavy atom. The SMILES string of the molecule is CC=C(C)C1C(C)=CC2CC(C)CC3(O)C=C(COC(C)=O)C(=O)C1(C)C23. The first-order chi connectivity index (χ1) is 12.5. The van der Waals surface area contributed by atoms with Crippen LogP contribution in [0.15, 0.2) is 34.9 Å². The van der Waals surface area contributed by atoms with E-state index < -0.39 is 17.0 Å². The first kappa shape index (κ1) is 20.1. The lowest BCUT2D eigenvalue weighted by Crippen LogP contribution is -2.63. The molecule has 1 fully saturated rings. The van der Waals surface area contributed by atoms with Gasteiger partial charge < -0.3 is 9.84 Å². The molecule has 3 aliphatic carbocycles. The van der Waals surface area contributed by atoms with Crippen molar-refractivity contribution in [2.75, 3.05) is 6.61 Å². The average Bonchev–Trinajstić information content (AvgIpc) is 2.55. The molecule has 0 aromatic rings. The van der Waals surface area contributed by atoms with Crippen LogP contribution in [0, 0.1) is 29.1 Å². The van der Waals surface area contributed by atoms with E-state index in [1.807, 2.05) is 13.8 Å². The van der Waals surface area contributed by atoms with Gasteiger partial charge in [0.05, 0.1) is 5.60 Å². The summed E-state index contributed by atoms with van der Waals surface area (Å²) >= 11 is 0. The van der Waals surface area contributed by atoms with E-state index in [-0.39, 0.29) is 30.1 Å². The zero-order chi connectivity index (χ0) is 20.1. The molecule has 4 heteroatoms. The maximum absolute atomic E-state index is 13.7. The van der Waals surface area contributed by atoms with E-state index in [1.54, 1.807) is 6.08 Å². The second-order valence-electron chi connectivity index (χ2n) is 9.12. The molecule has 27 heavy (non-hydrogen) atoms. The summed E-state index contributed by atoms with van der Waals surface area (Å²) in [6.45, 7) is 11.6. The number of ketones is 1. The third-order valence-electron chi connectivity index (χ3n) is 7.04. The van der Waals surface area contributed by atoms with Crippen LogP contribution in [0.3, 0.4) is 0 Å². The van der Waals surface area contributed by atoms with Gasteiger partial charge in [0.15, 0.2) is 5.78 Å². The number of rotatable bonds is 3. The maximum atomic E-state index is 13.7. The summed E-state index contributed by atoms with van der Waals surface area (Å²) in [6, 6.07) is 0. The average molecular weight is 373 g/mol. The molecule has 6 unspecified atom stereocenters. The molecule has 0 saturated heterocycles. The van der Waals surface area contributed by atoms with Crippen LogP contribution in [0.1, 0.15) is 54.4 Å². The fourth-order valence-corrected chi connectivity index (χ4v) is 6.37. The summed E-state index contributed by atoms with van der Waals surface area (Å²) in [4.78, 5) is 25.0. The van der Waals surface area contributed by atoms with E-state index in [9.17, 15) is 14.7 Å². The Balaban J connectivity index is 2.20. The quantitative estimate of drug-likeness (QED) is 0.601. The summed E-state index contributed by atoms with van der Waals surface area (Å²) in [5.41, 5.74) is 0.993. The largest absolute Gasteiger partial charge is 0.461 e. The number of esters is 1. The molecule has 6 atom stereocenters. The number of hydrogen-bond donors (Lipinski definition) is 1. The normalized spacial score (nSPS) is 41.4. The minimum atomic E-state index is -1.05. The first-order valence-electron chi connectivity index (χ1n) is 9.98. The Bertz CT molecular complexity index is 758. The molecule has 148 valence electrons. The van der Waals surface area contributed by atoms with Gasteiger partial charge in [-0.3, -0.25) is 9.59 Å². The topological polar surface area (TPSA) is 63.6 Å². The number of Topliss-reactive ketones (excluding diaryl/α,β-unsaturated/α-hetero) is 1. The van der Waals surface area contributed by atoms with Crippen molar-refractivity contribution in [1.29, 1.82) is 0 Å². The van der Waals surface area contributed by atoms with Crippen molar-refractivity contribution >= 4 is 11.8 Å². The molecule has 4 nitrogen and oxygen atoms in total.